The number of amides is 2. The van der Waals surface area contributed by atoms with Crippen molar-refractivity contribution in [2.45, 2.75) is 44.6 Å². The van der Waals surface area contributed by atoms with Crippen LogP contribution in [0.25, 0.3) is 0 Å². The normalized spacial score (nSPS) is 21.0. The Bertz CT molecular complexity index is 892. The van der Waals surface area contributed by atoms with Gasteiger partial charge in [0.2, 0.25) is 11.8 Å². The molecule has 12 heteroatoms. The van der Waals surface area contributed by atoms with Crippen LogP contribution in [-0.4, -0.2) is 69.7 Å². The fourth-order valence-corrected chi connectivity index (χ4v) is 2.91. The summed E-state index contributed by atoms with van der Waals surface area (Å²) in [6.07, 6.45) is -1.54. The Morgan fingerprint density at radius 2 is 2.07 bits per heavy atom. The summed E-state index contributed by atoms with van der Waals surface area (Å²) in [4.78, 5) is 61.5. The molecule has 2 amide bonds. The SMILES string of the molecule is Cc1cn([C@H]2C[C@H](OC(=O)CCC(=O)N(C)CC(N)=O)[C@@H](CO)O2)c(=O)[nH]c1=O. The molecule has 4 N–H and O–H groups in total. The highest BCUT2D eigenvalue weighted by Gasteiger charge is 2.39. The van der Waals surface area contributed by atoms with E-state index in [0.717, 1.165) is 9.47 Å². The van der Waals surface area contributed by atoms with Gasteiger partial charge in [0.05, 0.1) is 19.6 Å². The number of aliphatic hydroxyl groups excluding tert-OH is 1. The predicted molar refractivity (Wildman–Crippen MR) is 97.6 cm³/mol. The topological polar surface area (TPSA) is 174 Å². The zero-order valence-corrected chi connectivity index (χ0v) is 16.1. The van der Waals surface area contributed by atoms with Gasteiger partial charge in [-0.05, 0) is 6.92 Å². The smallest absolute Gasteiger partial charge is 0.330 e. The number of rotatable bonds is 8. The summed E-state index contributed by atoms with van der Waals surface area (Å²) in [6.45, 7) is 0.814. The summed E-state index contributed by atoms with van der Waals surface area (Å²) in [5.41, 5.74) is 4.11. The number of carbonyl (C=O) groups is 3. The number of carbonyl (C=O) groups excluding carboxylic acids is 3. The van der Waals surface area contributed by atoms with Gasteiger partial charge in [0.1, 0.15) is 18.4 Å². The van der Waals surface area contributed by atoms with E-state index in [-0.39, 0.29) is 25.8 Å². The number of ether oxygens (including phenoxy) is 2. The minimum atomic E-state index is -0.865. The van der Waals surface area contributed by atoms with Crippen LogP contribution in [0.1, 0.15) is 31.1 Å². The van der Waals surface area contributed by atoms with Gasteiger partial charge in [-0.15, -0.1) is 0 Å². The lowest BCUT2D eigenvalue weighted by Crippen LogP contribution is -2.35. The zero-order chi connectivity index (χ0) is 21.7. The van der Waals surface area contributed by atoms with Crippen molar-refractivity contribution in [3.63, 3.8) is 0 Å². The van der Waals surface area contributed by atoms with Crippen LogP contribution in [0, 0.1) is 6.92 Å². The molecule has 1 aliphatic heterocycles. The van der Waals surface area contributed by atoms with E-state index in [1.165, 1.54) is 20.2 Å². The number of nitrogens with zero attached hydrogens (tertiary/aromatic N) is 2. The van der Waals surface area contributed by atoms with Gasteiger partial charge >= 0.3 is 11.7 Å². The van der Waals surface area contributed by atoms with Crippen molar-refractivity contribution in [3.8, 4) is 0 Å². The molecule has 1 aliphatic rings. The predicted octanol–water partition coefficient (Wildman–Crippen LogP) is -2.24. The highest BCUT2D eigenvalue weighted by Crippen LogP contribution is 2.30. The van der Waals surface area contributed by atoms with E-state index in [2.05, 4.69) is 4.98 Å². The number of aromatic amines is 1. The number of esters is 1. The van der Waals surface area contributed by atoms with Gasteiger partial charge in [-0.3, -0.25) is 28.7 Å². The largest absolute Gasteiger partial charge is 0.459 e. The molecule has 0 aliphatic carbocycles. The van der Waals surface area contributed by atoms with Crippen molar-refractivity contribution >= 4 is 17.8 Å². The summed E-state index contributed by atoms with van der Waals surface area (Å²) in [5.74, 6) is -1.81. The molecule has 1 fully saturated rings. The third-order valence-corrected chi connectivity index (χ3v) is 4.46. The molecule has 160 valence electrons. The fourth-order valence-electron chi connectivity index (χ4n) is 2.91. The Morgan fingerprint density at radius 3 is 2.69 bits per heavy atom. The molecular weight excluding hydrogens is 388 g/mol. The van der Waals surface area contributed by atoms with E-state index in [4.69, 9.17) is 15.2 Å². The number of primary amides is 1. The quantitative estimate of drug-likeness (QED) is 0.402. The first-order valence-electron chi connectivity index (χ1n) is 8.92. The first-order chi connectivity index (χ1) is 13.6. The number of aromatic nitrogens is 2. The van der Waals surface area contributed by atoms with Crippen LogP contribution in [0.3, 0.4) is 0 Å². The molecule has 2 heterocycles. The highest BCUT2D eigenvalue weighted by molar-refractivity contribution is 5.85. The van der Waals surface area contributed by atoms with E-state index in [1.54, 1.807) is 0 Å². The Hall–Kier alpha value is -2.99. The number of hydrogen-bond acceptors (Lipinski definition) is 8. The molecule has 0 saturated carbocycles. The lowest BCUT2D eigenvalue weighted by atomic mass is 10.2. The third-order valence-electron chi connectivity index (χ3n) is 4.46. The van der Waals surface area contributed by atoms with Crippen molar-refractivity contribution in [1.82, 2.24) is 14.5 Å². The van der Waals surface area contributed by atoms with Gasteiger partial charge in [-0.2, -0.15) is 0 Å². The van der Waals surface area contributed by atoms with Crippen LogP contribution in [0.2, 0.25) is 0 Å². The van der Waals surface area contributed by atoms with Gasteiger partial charge in [-0.25, -0.2) is 4.79 Å². The monoisotopic (exact) mass is 412 g/mol. The van der Waals surface area contributed by atoms with Crippen LogP contribution in [-0.2, 0) is 23.9 Å². The lowest BCUT2D eigenvalue weighted by molar-refractivity contribution is -0.154. The maximum absolute atomic E-state index is 12.1. The van der Waals surface area contributed by atoms with E-state index < -0.39 is 54.1 Å². The summed E-state index contributed by atoms with van der Waals surface area (Å²) >= 11 is 0. The molecule has 29 heavy (non-hydrogen) atoms. The molecule has 0 spiro atoms. The van der Waals surface area contributed by atoms with Gasteiger partial charge in [0, 0.05) is 31.6 Å². The molecule has 0 unspecified atom stereocenters. The minimum Gasteiger partial charge on any atom is -0.459 e. The number of likely N-dealkylation sites (N-methyl/N-ethyl adjacent to an activating group) is 1. The number of nitrogens with one attached hydrogen (secondary N) is 1. The van der Waals surface area contributed by atoms with Crippen molar-refractivity contribution < 1.29 is 29.0 Å². The van der Waals surface area contributed by atoms with Crippen molar-refractivity contribution in [2.24, 2.45) is 5.73 Å². The first-order valence-corrected chi connectivity index (χ1v) is 8.92. The molecular formula is C17H24N4O8. The molecule has 3 atom stereocenters. The average molecular weight is 412 g/mol. The van der Waals surface area contributed by atoms with E-state index in [0.29, 0.717) is 5.56 Å². The molecule has 12 nitrogen and oxygen atoms in total. The average Bonchev–Trinajstić information content (AvgIpc) is 3.04. The molecule has 0 aromatic carbocycles. The summed E-state index contributed by atoms with van der Waals surface area (Å²) < 4.78 is 12.0. The van der Waals surface area contributed by atoms with Crippen LogP contribution in [0.15, 0.2) is 15.8 Å². The standard InChI is InChI=1S/C17H24N4O8/c1-9-6-21(17(27)19-16(9)26)14-5-10(11(8-22)28-14)29-15(25)4-3-13(24)20(2)7-12(18)23/h6,10-11,14,22H,3-5,7-8H2,1-2H3,(H2,18,23)(H,19,26,27)/t10-,11+,14+/m0/s1. The zero-order valence-electron chi connectivity index (χ0n) is 16.1. The van der Waals surface area contributed by atoms with Crippen molar-refractivity contribution in [3.05, 3.63) is 32.6 Å². The first kappa shape index (κ1) is 22.3. The highest BCUT2D eigenvalue weighted by atomic mass is 16.6. The van der Waals surface area contributed by atoms with Gasteiger partial charge < -0.3 is 25.2 Å². The third kappa shape index (κ3) is 5.74. The second-order valence-electron chi connectivity index (χ2n) is 6.77. The van der Waals surface area contributed by atoms with Crippen molar-refractivity contribution in [1.29, 1.82) is 0 Å². The Balaban J connectivity index is 1.97. The molecule has 1 aromatic heterocycles. The number of aliphatic hydroxyl groups is 1. The molecule has 2 rings (SSSR count). The van der Waals surface area contributed by atoms with Gasteiger partial charge in [0.25, 0.3) is 5.56 Å². The maximum Gasteiger partial charge on any atom is 0.330 e. The number of nitrogens with two attached hydrogens (primary N) is 1. The van der Waals surface area contributed by atoms with Crippen LogP contribution < -0.4 is 17.0 Å². The fraction of sp³-hybridized carbons (Fsp3) is 0.588. The number of aryl methyl sites for hydroxylation is 1. The van der Waals surface area contributed by atoms with E-state index in [1.807, 2.05) is 0 Å². The molecule has 1 saturated heterocycles. The Labute approximate surface area is 165 Å². The molecule has 0 radical (unpaired) electrons. The molecule has 0 bridgehead atoms. The van der Waals surface area contributed by atoms with E-state index >= 15 is 0 Å². The minimum absolute atomic E-state index is 0.0812. The molecule has 1 aromatic rings. The van der Waals surface area contributed by atoms with Gasteiger partial charge in [0.15, 0.2) is 0 Å². The van der Waals surface area contributed by atoms with Gasteiger partial charge in [-0.1, -0.05) is 0 Å². The summed E-state index contributed by atoms with van der Waals surface area (Å²) in [7, 11) is 1.39. The second kappa shape index (κ2) is 9.47. The second-order valence-corrected chi connectivity index (χ2v) is 6.77. The van der Waals surface area contributed by atoms with Crippen molar-refractivity contribution in [2.75, 3.05) is 20.2 Å². The van der Waals surface area contributed by atoms with Crippen LogP contribution >= 0.6 is 0 Å². The lowest BCUT2D eigenvalue weighted by Gasteiger charge is -2.17. The summed E-state index contributed by atoms with van der Waals surface area (Å²) in [5, 5.41) is 9.49. The Morgan fingerprint density at radius 1 is 1.38 bits per heavy atom. The van der Waals surface area contributed by atoms with E-state index in [9.17, 15) is 29.1 Å². The van der Waals surface area contributed by atoms with Crippen LogP contribution in [0.4, 0.5) is 0 Å². The van der Waals surface area contributed by atoms with Crippen LogP contribution in [0.5, 0.6) is 0 Å². The Kier molecular flexibility index (Phi) is 7.29. The summed E-state index contributed by atoms with van der Waals surface area (Å²) in [6, 6.07) is 0. The number of hydrogen-bond donors (Lipinski definition) is 3. The number of H-pyrrole nitrogens is 1. The maximum atomic E-state index is 12.1.